The molecule has 0 heterocycles. The van der Waals surface area contributed by atoms with E-state index in [1.165, 1.54) is 0 Å². The Bertz CT molecular complexity index is 710. The molecule has 126 valence electrons. The number of benzene rings is 2. The molecule has 0 radical (unpaired) electrons. The molecular weight excluding hydrogens is 328 g/mol. The minimum Gasteiger partial charge on any atom is -0.497 e. The molecule has 2 rings (SSSR count). The van der Waals surface area contributed by atoms with E-state index in [1.807, 2.05) is 24.3 Å². The number of ether oxygens (including phenoxy) is 2. The van der Waals surface area contributed by atoms with Crippen molar-refractivity contribution in [3.05, 3.63) is 59.1 Å². The van der Waals surface area contributed by atoms with Crippen LogP contribution in [0, 0.1) is 0 Å². The average Bonchev–Trinajstić information content (AvgIpc) is 2.57. The molecule has 0 bridgehead atoms. The smallest absolute Gasteiger partial charge is 0.283 e. The molecule has 0 aromatic heterocycles. The second kappa shape index (κ2) is 7.84. The van der Waals surface area contributed by atoms with Crippen LogP contribution >= 0.6 is 11.6 Å². The van der Waals surface area contributed by atoms with Gasteiger partial charge in [-0.15, -0.1) is 0 Å². The van der Waals surface area contributed by atoms with Crippen molar-refractivity contribution in [3.63, 3.8) is 0 Å². The first-order valence-electron chi connectivity index (χ1n) is 7.33. The largest absolute Gasteiger partial charge is 0.497 e. The van der Waals surface area contributed by atoms with Crippen LogP contribution in [0.25, 0.3) is 0 Å². The number of halogens is 1. The van der Waals surface area contributed by atoms with Gasteiger partial charge in [0, 0.05) is 5.02 Å². The van der Waals surface area contributed by atoms with E-state index in [2.05, 4.69) is 10.5 Å². The van der Waals surface area contributed by atoms with E-state index >= 15 is 0 Å². The maximum Gasteiger partial charge on any atom is 0.283 e. The van der Waals surface area contributed by atoms with Crippen molar-refractivity contribution in [2.75, 3.05) is 7.11 Å². The Labute approximate surface area is 146 Å². The number of nitrogens with zero attached hydrogens (tertiary/aromatic N) is 1. The molecule has 0 spiro atoms. The fourth-order valence-corrected chi connectivity index (χ4v) is 1.96. The lowest BCUT2D eigenvalue weighted by molar-refractivity contribution is -0.134. The van der Waals surface area contributed by atoms with Crippen LogP contribution in [-0.2, 0) is 4.79 Å². The Morgan fingerprint density at radius 3 is 2.25 bits per heavy atom. The van der Waals surface area contributed by atoms with E-state index < -0.39 is 5.60 Å². The first-order valence-corrected chi connectivity index (χ1v) is 7.70. The van der Waals surface area contributed by atoms with Crippen LogP contribution in [0.5, 0.6) is 11.5 Å². The quantitative estimate of drug-likeness (QED) is 0.641. The highest BCUT2D eigenvalue weighted by molar-refractivity contribution is 6.30. The first kappa shape index (κ1) is 17.8. The topological polar surface area (TPSA) is 59.9 Å². The van der Waals surface area contributed by atoms with Gasteiger partial charge in [0.05, 0.1) is 13.3 Å². The third kappa shape index (κ3) is 4.99. The average molecular weight is 347 g/mol. The number of carbonyl (C=O) groups excluding carboxylic acids is 1. The van der Waals surface area contributed by atoms with Crippen molar-refractivity contribution < 1.29 is 14.3 Å². The Kier molecular flexibility index (Phi) is 5.82. The highest BCUT2D eigenvalue weighted by Gasteiger charge is 2.29. The molecule has 0 saturated heterocycles. The SMILES string of the molecule is COc1ccc(C=NNC(=O)C(C)(C)Oc2ccc(Cl)cc2)cc1. The molecule has 2 aromatic carbocycles. The van der Waals surface area contributed by atoms with Gasteiger partial charge >= 0.3 is 0 Å². The van der Waals surface area contributed by atoms with Crippen molar-refractivity contribution in [2.24, 2.45) is 5.10 Å². The lowest BCUT2D eigenvalue weighted by atomic mass is 10.1. The highest BCUT2D eigenvalue weighted by Crippen LogP contribution is 2.21. The number of carbonyl (C=O) groups is 1. The zero-order chi connectivity index (χ0) is 17.6. The molecular formula is C18H19ClN2O3. The number of hydrazone groups is 1. The summed E-state index contributed by atoms with van der Waals surface area (Å²) < 4.78 is 10.8. The molecule has 1 amide bonds. The van der Waals surface area contributed by atoms with Crippen molar-refractivity contribution >= 4 is 23.7 Å². The molecule has 2 aromatic rings. The van der Waals surface area contributed by atoms with Crippen LogP contribution < -0.4 is 14.9 Å². The van der Waals surface area contributed by atoms with Crippen LogP contribution in [0.3, 0.4) is 0 Å². The van der Waals surface area contributed by atoms with Gasteiger partial charge in [0.1, 0.15) is 11.5 Å². The summed E-state index contributed by atoms with van der Waals surface area (Å²) in [6, 6.07) is 14.1. The summed E-state index contributed by atoms with van der Waals surface area (Å²) in [5, 5.41) is 4.56. The van der Waals surface area contributed by atoms with Crippen molar-refractivity contribution in [1.82, 2.24) is 5.43 Å². The standard InChI is InChI=1S/C18H19ClN2O3/c1-18(2,24-16-10-6-14(19)7-11-16)17(22)21-20-12-13-4-8-15(23-3)9-5-13/h4-12H,1-3H3,(H,21,22). The normalized spacial score (nSPS) is 11.3. The monoisotopic (exact) mass is 346 g/mol. The molecule has 1 N–H and O–H groups in total. The summed E-state index contributed by atoms with van der Waals surface area (Å²) >= 11 is 5.83. The summed E-state index contributed by atoms with van der Waals surface area (Å²) in [6.45, 7) is 3.33. The fraction of sp³-hybridized carbons (Fsp3) is 0.222. The number of rotatable bonds is 6. The minimum absolute atomic E-state index is 0.359. The van der Waals surface area contributed by atoms with Crippen molar-refractivity contribution in [2.45, 2.75) is 19.4 Å². The van der Waals surface area contributed by atoms with E-state index in [0.717, 1.165) is 11.3 Å². The Balaban J connectivity index is 1.94. The third-order valence-electron chi connectivity index (χ3n) is 3.23. The zero-order valence-corrected chi connectivity index (χ0v) is 14.5. The van der Waals surface area contributed by atoms with Gasteiger partial charge < -0.3 is 9.47 Å². The van der Waals surface area contributed by atoms with Crippen LogP contribution in [0.2, 0.25) is 5.02 Å². The molecule has 6 heteroatoms. The van der Waals surface area contributed by atoms with E-state index in [-0.39, 0.29) is 5.91 Å². The van der Waals surface area contributed by atoms with Gasteiger partial charge in [-0.1, -0.05) is 11.6 Å². The third-order valence-corrected chi connectivity index (χ3v) is 3.48. The lowest BCUT2D eigenvalue weighted by Gasteiger charge is -2.24. The van der Waals surface area contributed by atoms with Crippen LogP contribution in [0.4, 0.5) is 0 Å². The first-order chi connectivity index (χ1) is 11.4. The summed E-state index contributed by atoms with van der Waals surface area (Å²) in [4.78, 5) is 12.2. The minimum atomic E-state index is -1.08. The molecule has 0 saturated carbocycles. The predicted molar refractivity (Wildman–Crippen MR) is 94.9 cm³/mol. The van der Waals surface area contributed by atoms with Crippen molar-refractivity contribution in [1.29, 1.82) is 0 Å². The molecule has 0 unspecified atom stereocenters. The van der Waals surface area contributed by atoms with E-state index in [0.29, 0.717) is 10.8 Å². The highest BCUT2D eigenvalue weighted by atomic mass is 35.5. The summed E-state index contributed by atoms with van der Waals surface area (Å²) in [5.41, 5.74) is 2.24. The molecule has 0 aliphatic heterocycles. The predicted octanol–water partition coefficient (Wildman–Crippen LogP) is 3.66. The van der Waals surface area contributed by atoms with Gasteiger partial charge in [-0.05, 0) is 67.9 Å². The van der Waals surface area contributed by atoms with Crippen LogP contribution in [0.15, 0.2) is 53.6 Å². The van der Waals surface area contributed by atoms with Crippen molar-refractivity contribution in [3.8, 4) is 11.5 Å². The number of amides is 1. The van der Waals surface area contributed by atoms with Crippen LogP contribution in [0.1, 0.15) is 19.4 Å². The Hall–Kier alpha value is -2.53. The maximum absolute atomic E-state index is 12.2. The fourth-order valence-electron chi connectivity index (χ4n) is 1.83. The zero-order valence-electron chi connectivity index (χ0n) is 13.7. The number of nitrogens with one attached hydrogen (secondary N) is 1. The van der Waals surface area contributed by atoms with Gasteiger partial charge in [-0.2, -0.15) is 5.10 Å². The number of hydrogen-bond acceptors (Lipinski definition) is 4. The summed E-state index contributed by atoms with van der Waals surface area (Å²) in [6.07, 6.45) is 1.55. The molecule has 0 aliphatic rings. The lowest BCUT2D eigenvalue weighted by Crippen LogP contribution is -2.44. The summed E-state index contributed by atoms with van der Waals surface area (Å²) in [5.74, 6) is 0.953. The molecule has 0 fully saturated rings. The Morgan fingerprint density at radius 1 is 1.08 bits per heavy atom. The second-order valence-corrected chi connectivity index (χ2v) is 5.98. The van der Waals surface area contributed by atoms with E-state index in [9.17, 15) is 4.79 Å². The van der Waals surface area contributed by atoms with Gasteiger partial charge in [0.2, 0.25) is 0 Å². The van der Waals surface area contributed by atoms with Gasteiger partial charge in [0.15, 0.2) is 5.60 Å². The maximum atomic E-state index is 12.2. The number of hydrogen-bond donors (Lipinski definition) is 1. The molecule has 0 atom stereocenters. The van der Waals surface area contributed by atoms with Crippen LogP contribution in [-0.4, -0.2) is 24.8 Å². The second-order valence-electron chi connectivity index (χ2n) is 5.54. The van der Waals surface area contributed by atoms with E-state index in [4.69, 9.17) is 21.1 Å². The molecule has 5 nitrogen and oxygen atoms in total. The molecule has 0 aliphatic carbocycles. The summed E-state index contributed by atoms with van der Waals surface area (Å²) in [7, 11) is 1.60. The number of methoxy groups -OCH3 is 1. The Morgan fingerprint density at radius 2 is 1.67 bits per heavy atom. The van der Waals surface area contributed by atoms with Gasteiger partial charge in [0.25, 0.3) is 5.91 Å². The van der Waals surface area contributed by atoms with Gasteiger partial charge in [-0.3, -0.25) is 4.79 Å². The van der Waals surface area contributed by atoms with E-state index in [1.54, 1.807) is 51.4 Å². The molecule has 24 heavy (non-hydrogen) atoms. The van der Waals surface area contributed by atoms with Gasteiger partial charge in [-0.25, -0.2) is 5.43 Å².